The van der Waals surface area contributed by atoms with Crippen LogP contribution in [-0.4, -0.2) is 0 Å². The Morgan fingerprint density at radius 3 is 2.50 bits per heavy atom. The SMILES string of the molecule is CC1=[C]([Zr][C]2(C)C=CC=C2)C(C)C2=C1CCCC2. The Morgan fingerprint density at radius 2 is 1.83 bits per heavy atom. The van der Waals surface area contributed by atoms with Gasteiger partial charge in [0.2, 0.25) is 0 Å². The molecule has 0 fully saturated rings. The fourth-order valence-corrected chi connectivity index (χ4v) is 7.74. The molecule has 0 spiro atoms. The minimum absolute atomic E-state index is 0.433. The average molecular weight is 318 g/mol. The van der Waals surface area contributed by atoms with Crippen molar-refractivity contribution in [2.45, 2.75) is 49.6 Å². The molecular weight excluding hydrogens is 295 g/mol. The number of allylic oxidation sites excluding steroid dienone is 8. The van der Waals surface area contributed by atoms with Gasteiger partial charge in [-0.15, -0.1) is 0 Å². The summed E-state index contributed by atoms with van der Waals surface area (Å²) >= 11 is -0.537. The summed E-state index contributed by atoms with van der Waals surface area (Å²) in [6.45, 7) is 7.31. The molecule has 0 aromatic rings. The molecule has 0 saturated carbocycles. The first-order valence-electron chi connectivity index (χ1n) is 7.19. The molecule has 0 amide bonds. The molecule has 0 nitrogen and oxygen atoms in total. The molecule has 1 heteroatoms. The van der Waals surface area contributed by atoms with Gasteiger partial charge in [0.15, 0.2) is 0 Å². The van der Waals surface area contributed by atoms with Crippen molar-refractivity contribution < 1.29 is 23.2 Å². The Bertz CT molecular complexity index is 476. The molecule has 0 bridgehead atoms. The summed E-state index contributed by atoms with van der Waals surface area (Å²) in [5, 5.41) is 0. The van der Waals surface area contributed by atoms with Crippen molar-refractivity contribution >= 4 is 0 Å². The predicted molar refractivity (Wildman–Crippen MR) is 74.0 cm³/mol. The van der Waals surface area contributed by atoms with E-state index in [-0.39, 0.29) is 0 Å². The summed E-state index contributed by atoms with van der Waals surface area (Å²) in [6.07, 6.45) is 14.9. The molecule has 94 valence electrons. The van der Waals surface area contributed by atoms with Crippen molar-refractivity contribution in [2.75, 3.05) is 0 Å². The molecule has 0 aliphatic heterocycles. The molecule has 18 heavy (non-hydrogen) atoms. The minimum atomic E-state index is -0.537. The molecule has 3 aliphatic carbocycles. The summed E-state index contributed by atoms with van der Waals surface area (Å²) in [7, 11) is 0. The van der Waals surface area contributed by atoms with Gasteiger partial charge in [-0.2, -0.15) is 0 Å². The van der Waals surface area contributed by atoms with Crippen LogP contribution in [0, 0.1) is 5.92 Å². The van der Waals surface area contributed by atoms with E-state index in [1.807, 2.05) is 8.85 Å². The van der Waals surface area contributed by atoms with E-state index in [4.69, 9.17) is 0 Å². The summed E-state index contributed by atoms with van der Waals surface area (Å²) in [5.74, 6) is 0.783. The van der Waals surface area contributed by atoms with Gasteiger partial charge in [-0.25, -0.2) is 0 Å². The van der Waals surface area contributed by atoms with Crippen molar-refractivity contribution in [1.82, 2.24) is 0 Å². The van der Waals surface area contributed by atoms with Crippen molar-refractivity contribution in [3.8, 4) is 0 Å². The van der Waals surface area contributed by atoms with E-state index in [1.165, 1.54) is 25.7 Å². The molecule has 3 rings (SSSR count). The monoisotopic (exact) mass is 316 g/mol. The molecule has 0 radical (unpaired) electrons. The van der Waals surface area contributed by atoms with Gasteiger partial charge in [0, 0.05) is 0 Å². The zero-order valence-corrected chi connectivity index (χ0v) is 14.2. The van der Waals surface area contributed by atoms with Crippen LogP contribution in [-0.2, 0) is 23.2 Å². The molecule has 0 saturated heterocycles. The van der Waals surface area contributed by atoms with Crippen LogP contribution in [0.4, 0.5) is 0 Å². The first-order valence-corrected chi connectivity index (χ1v) is 9.65. The zero-order chi connectivity index (χ0) is 12.8. The first kappa shape index (κ1) is 12.9. The predicted octanol–water partition coefficient (Wildman–Crippen LogP) is 5.17. The fourth-order valence-electron chi connectivity index (χ4n) is 3.64. The molecule has 3 aliphatic rings. The normalized spacial score (nSPS) is 29.2. The third-order valence-electron chi connectivity index (χ3n) is 4.72. The van der Waals surface area contributed by atoms with Crippen LogP contribution in [0.3, 0.4) is 0 Å². The fraction of sp³-hybridized carbons (Fsp3) is 0.529. The van der Waals surface area contributed by atoms with Crippen molar-refractivity contribution in [2.24, 2.45) is 5.92 Å². The van der Waals surface area contributed by atoms with Crippen LogP contribution >= 0.6 is 0 Å². The quantitative estimate of drug-likeness (QED) is 0.659. The summed E-state index contributed by atoms with van der Waals surface area (Å²) < 4.78 is 2.31. The molecule has 1 unspecified atom stereocenters. The molecular formula is C17H22Zr. The number of hydrogen-bond donors (Lipinski definition) is 0. The van der Waals surface area contributed by atoms with Crippen LogP contribution in [0.1, 0.15) is 46.5 Å². The van der Waals surface area contributed by atoms with E-state index in [1.54, 1.807) is 11.1 Å². The van der Waals surface area contributed by atoms with E-state index >= 15 is 0 Å². The average Bonchev–Trinajstić information content (AvgIpc) is 2.89. The Balaban J connectivity index is 1.88. The standard InChI is InChI=1S/C11H15.C6H7.Zr/c1-8-7-9(2)11-6-4-3-5-10(8)11;1-6-4-2-3-5-6;/h8H,3-6H2,1-2H3;2-5H,1H3;. The van der Waals surface area contributed by atoms with Crippen molar-refractivity contribution in [3.05, 3.63) is 44.3 Å². The maximum absolute atomic E-state index is 2.47. The molecule has 0 N–H and O–H groups in total. The van der Waals surface area contributed by atoms with Gasteiger partial charge in [0.05, 0.1) is 0 Å². The van der Waals surface area contributed by atoms with Gasteiger partial charge >= 0.3 is 123 Å². The van der Waals surface area contributed by atoms with Crippen molar-refractivity contribution in [3.63, 3.8) is 0 Å². The van der Waals surface area contributed by atoms with E-state index in [0.29, 0.717) is 3.12 Å². The first-order chi connectivity index (χ1) is 8.61. The second-order valence-electron chi connectivity index (χ2n) is 6.10. The third kappa shape index (κ3) is 2.09. The third-order valence-corrected chi connectivity index (χ3v) is 9.51. The topological polar surface area (TPSA) is 0 Å². The van der Waals surface area contributed by atoms with Crippen molar-refractivity contribution in [1.29, 1.82) is 0 Å². The van der Waals surface area contributed by atoms with Crippen LogP contribution in [0.25, 0.3) is 0 Å². The number of hydrogen-bond acceptors (Lipinski definition) is 0. The van der Waals surface area contributed by atoms with Crippen LogP contribution in [0.2, 0.25) is 3.12 Å². The molecule has 0 aromatic carbocycles. The van der Waals surface area contributed by atoms with E-state index in [2.05, 4.69) is 45.1 Å². The van der Waals surface area contributed by atoms with E-state index in [9.17, 15) is 0 Å². The Kier molecular flexibility index (Phi) is 3.39. The second-order valence-corrected chi connectivity index (χ2v) is 10.7. The van der Waals surface area contributed by atoms with Gasteiger partial charge in [-0.3, -0.25) is 0 Å². The van der Waals surface area contributed by atoms with E-state index < -0.39 is 23.2 Å². The Hall–Kier alpha value is -0.157. The number of rotatable bonds is 2. The van der Waals surface area contributed by atoms with Crippen LogP contribution in [0.5, 0.6) is 0 Å². The van der Waals surface area contributed by atoms with Gasteiger partial charge < -0.3 is 0 Å². The van der Waals surface area contributed by atoms with Gasteiger partial charge in [0.25, 0.3) is 0 Å². The zero-order valence-electron chi connectivity index (χ0n) is 11.7. The summed E-state index contributed by atoms with van der Waals surface area (Å²) in [5.41, 5.74) is 5.28. The Labute approximate surface area is 122 Å². The second kappa shape index (κ2) is 4.75. The summed E-state index contributed by atoms with van der Waals surface area (Å²) in [6, 6.07) is 0. The maximum atomic E-state index is 2.47. The Morgan fingerprint density at radius 1 is 1.17 bits per heavy atom. The van der Waals surface area contributed by atoms with Gasteiger partial charge in [0.1, 0.15) is 0 Å². The van der Waals surface area contributed by atoms with Gasteiger partial charge in [-0.05, 0) is 0 Å². The van der Waals surface area contributed by atoms with Crippen LogP contribution < -0.4 is 0 Å². The van der Waals surface area contributed by atoms with E-state index in [0.717, 1.165) is 5.92 Å². The summed E-state index contributed by atoms with van der Waals surface area (Å²) in [4.78, 5) is 0. The molecule has 1 atom stereocenters. The molecule has 0 aromatic heterocycles. The van der Waals surface area contributed by atoms with Crippen LogP contribution in [0.15, 0.2) is 44.3 Å². The van der Waals surface area contributed by atoms with Gasteiger partial charge in [-0.1, -0.05) is 0 Å². The molecule has 0 heterocycles.